The van der Waals surface area contributed by atoms with Crippen molar-refractivity contribution in [3.05, 3.63) is 83.1 Å². The van der Waals surface area contributed by atoms with Gasteiger partial charge in [0.05, 0.1) is 0 Å². The largest absolute Gasteiger partial charge is 0.451 e. The van der Waals surface area contributed by atoms with Gasteiger partial charge in [-0.05, 0) is 54.3 Å². The van der Waals surface area contributed by atoms with Crippen molar-refractivity contribution in [2.75, 3.05) is 13.1 Å². The van der Waals surface area contributed by atoms with Crippen molar-refractivity contribution in [1.29, 1.82) is 0 Å². The number of carbonyl (C=O) groups excluding carboxylic acids is 1. The molecule has 152 valence electrons. The molecule has 0 radical (unpaired) electrons. The Balaban J connectivity index is 1.24. The minimum absolute atomic E-state index is 0.112. The van der Waals surface area contributed by atoms with Crippen LogP contribution in [-0.4, -0.2) is 29.9 Å². The molecule has 4 nitrogen and oxygen atoms in total. The Bertz CT molecular complexity index is 1240. The van der Waals surface area contributed by atoms with E-state index in [-0.39, 0.29) is 11.9 Å². The Morgan fingerprint density at radius 2 is 1.90 bits per heavy atom. The number of nitrogens with zero attached hydrogens (tertiary/aromatic N) is 1. The third-order valence-corrected chi connectivity index (χ3v) is 6.13. The smallest absolute Gasteiger partial charge is 0.287 e. The molecule has 1 N–H and O–H groups in total. The quantitative estimate of drug-likeness (QED) is 0.513. The van der Waals surface area contributed by atoms with Crippen LogP contribution >= 0.6 is 0 Å². The third-order valence-electron chi connectivity index (χ3n) is 6.13. The first-order valence-electron chi connectivity index (χ1n) is 10.6. The van der Waals surface area contributed by atoms with Gasteiger partial charge in [0, 0.05) is 36.6 Å². The van der Waals surface area contributed by atoms with Crippen molar-refractivity contribution < 1.29 is 9.21 Å². The highest BCUT2D eigenvalue weighted by Gasteiger charge is 2.26. The molecule has 1 aliphatic rings. The van der Waals surface area contributed by atoms with Crippen molar-refractivity contribution in [3.63, 3.8) is 0 Å². The summed E-state index contributed by atoms with van der Waals surface area (Å²) in [6.45, 7) is 6.73. The van der Waals surface area contributed by atoms with Crippen LogP contribution in [0.5, 0.6) is 0 Å². The minimum Gasteiger partial charge on any atom is -0.451 e. The molecule has 1 saturated heterocycles. The summed E-state index contributed by atoms with van der Waals surface area (Å²) in [6, 6.07) is 21.3. The molecule has 0 unspecified atom stereocenters. The number of hydrogen-bond donors (Lipinski definition) is 1. The summed E-state index contributed by atoms with van der Waals surface area (Å²) < 4.78 is 5.89. The van der Waals surface area contributed by atoms with Crippen molar-refractivity contribution in [1.82, 2.24) is 10.2 Å². The van der Waals surface area contributed by atoms with Gasteiger partial charge >= 0.3 is 0 Å². The van der Waals surface area contributed by atoms with Gasteiger partial charge in [-0.1, -0.05) is 48.5 Å². The number of aryl methyl sites for hydroxylation is 2. The van der Waals surface area contributed by atoms with E-state index in [1.165, 1.54) is 16.3 Å². The Morgan fingerprint density at radius 3 is 2.77 bits per heavy atom. The molecule has 4 aromatic rings. The second kappa shape index (κ2) is 7.62. The molecule has 30 heavy (non-hydrogen) atoms. The molecular weight excluding hydrogens is 372 g/mol. The van der Waals surface area contributed by atoms with Gasteiger partial charge in [-0.25, -0.2) is 0 Å². The molecule has 1 aliphatic heterocycles. The van der Waals surface area contributed by atoms with Gasteiger partial charge in [0.2, 0.25) is 0 Å². The zero-order valence-corrected chi connectivity index (χ0v) is 17.4. The number of rotatable bonds is 4. The number of carbonyl (C=O) groups is 1. The van der Waals surface area contributed by atoms with Gasteiger partial charge in [-0.3, -0.25) is 9.69 Å². The Hall–Kier alpha value is -3.11. The molecule has 1 atom stereocenters. The molecular formula is C26H26N2O2. The van der Waals surface area contributed by atoms with Crippen molar-refractivity contribution in [2.45, 2.75) is 32.9 Å². The van der Waals surface area contributed by atoms with Crippen LogP contribution in [0.2, 0.25) is 0 Å². The molecule has 3 aromatic carbocycles. The molecule has 0 bridgehead atoms. The fourth-order valence-corrected chi connectivity index (χ4v) is 4.49. The summed E-state index contributed by atoms with van der Waals surface area (Å²) in [4.78, 5) is 15.3. The number of benzene rings is 3. The van der Waals surface area contributed by atoms with E-state index in [0.717, 1.165) is 48.2 Å². The van der Waals surface area contributed by atoms with E-state index in [1.807, 2.05) is 32.0 Å². The zero-order valence-electron chi connectivity index (χ0n) is 17.4. The number of likely N-dealkylation sites (tertiary alicyclic amines) is 1. The van der Waals surface area contributed by atoms with Crippen LogP contribution in [0.3, 0.4) is 0 Å². The predicted molar refractivity (Wildman–Crippen MR) is 121 cm³/mol. The number of furan rings is 1. The first-order valence-corrected chi connectivity index (χ1v) is 10.6. The first kappa shape index (κ1) is 18.9. The van der Waals surface area contributed by atoms with Crippen LogP contribution in [0.1, 0.15) is 33.7 Å². The predicted octanol–water partition coefficient (Wildman–Crippen LogP) is 5.21. The fraction of sp³-hybridized carbons (Fsp3) is 0.269. The molecule has 1 aromatic heterocycles. The summed E-state index contributed by atoms with van der Waals surface area (Å²) in [7, 11) is 0. The SMILES string of the molecule is Cc1ccc2c(C)c(C(=O)N[C@@H]3CCN(Cc4ccc5ccccc5c4)C3)oc2c1. The Labute approximate surface area is 176 Å². The zero-order chi connectivity index (χ0) is 20.7. The van der Waals surface area contributed by atoms with E-state index >= 15 is 0 Å². The first-order chi connectivity index (χ1) is 14.6. The summed E-state index contributed by atoms with van der Waals surface area (Å²) in [5, 5.41) is 6.73. The van der Waals surface area contributed by atoms with Crippen molar-refractivity contribution >= 4 is 27.6 Å². The third kappa shape index (κ3) is 3.59. The van der Waals surface area contributed by atoms with Gasteiger partial charge in [0.25, 0.3) is 5.91 Å². The topological polar surface area (TPSA) is 45.5 Å². The molecule has 1 amide bonds. The van der Waals surface area contributed by atoms with E-state index in [2.05, 4.69) is 52.7 Å². The number of amides is 1. The standard InChI is InChI=1S/C26H26N2O2/c1-17-7-10-23-18(2)25(30-24(23)13-17)26(29)27-22-11-12-28(16-22)15-19-8-9-20-5-3-4-6-21(20)14-19/h3-10,13-14,22H,11-12,15-16H2,1-2H3,(H,27,29)/t22-/m1/s1. The van der Waals surface area contributed by atoms with Crippen LogP contribution in [0.4, 0.5) is 0 Å². The summed E-state index contributed by atoms with van der Waals surface area (Å²) in [5.41, 5.74) is 4.13. The molecule has 0 aliphatic carbocycles. The maximum Gasteiger partial charge on any atom is 0.287 e. The van der Waals surface area contributed by atoms with E-state index < -0.39 is 0 Å². The molecule has 0 saturated carbocycles. The lowest BCUT2D eigenvalue weighted by molar-refractivity contribution is 0.0911. The van der Waals surface area contributed by atoms with Gasteiger partial charge in [0.1, 0.15) is 5.58 Å². The van der Waals surface area contributed by atoms with Crippen LogP contribution in [-0.2, 0) is 6.54 Å². The second-order valence-electron chi connectivity index (χ2n) is 8.43. The Kier molecular flexibility index (Phi) is 4.80. The van der Waals surface area contributed by atoms with Gasteiger partial charge in [-0.15, -0.1) is 0 Å². The van der Waals surface area contributed by atoms with E-state index in [1.54, 1.807) is 0 Å². The van der Waals surface area contributed by atoms with Gasteiger partial charge in [0.15, 0.2) is 5.76 Å². The minimum atomic E-state index is -0.112. The average molecular weight is 399 g/mol. The van der Waals surface area contributed by atoms with Gasteiger partial charge < -0.3 is 9.73 Å². The number of fused-ring (bicyclic) bond motifs is 2. The lowest BCUT2D eigenvalue weighted by Crippen LogP contribution is -2.37. The normalized spacial score (nSPS) is 17.1. The fourth-order valence-electron chi connectivity index (χ4n) is 4.49. The molecule has 1 fully saturated rings. The summed E-state index contributed by atoms with van der Waals surface area (Å²) in [5.74, 6) is 0.322. The maximum absolute atomic E-state index is 12.9. The Morgan fingerprint density at radius 1 is 1.07 bits per heavy atom. The van der Waals surface area contributed by atoms with E-state index in [0.29, 0.717) is 5.76 Å². The molecule has 2 heterocycles. The highest BCUT2D eigenvalue weighted by atomic mass is 16.3. The highest BCUT2D eigenvalue weighted by molar-refractivity contribution is 5.99. The number of hydrogen-bond acceptors (Lipinski definition) is 3. The van der Waals surface area contributed by atoms with Gasteiger partial charge in [-0.2, -0.15) is 0 Å². The number of nitrogens with one attached hydrogen (secondary N) is 1. The second-order valence-corrected chi connectivity index (χ2v) is 8.43. The molecule has 0 spiro atoms. The molecule has 5 rings (SSSR count). The monoisotopic (exact) mass is 398 g/mol. The molecule has 4 heteroatoms. The highest BCUT2D eigenvalue weighted by Crippen LogP contribution is 2.26. The van der Waals surface area contributed by atoms with Crippen molar-refractivity contribution in [2.24, 2.45) is 0 Å². The van der Waals surface area contributed by atoms with Crippen LogP contribution in [0.15, 0.2) is 65.1 Å². The summed E-state index contributed by atoms with van der Waals surface area (Å²) >= 11 is 0. The van der Waals surface area contributed by atoms with E-state index in [9.17, 15) is 4.79 Å². The maximum atomic E-state index is 12.9. The van der Waals surface area contributed by atoms with E-state index in [4.69, 9.17) is 4.42 Å². The van der Waals surface area contributed by atoms with Crippen LogP contribution in [0, 0.1) is 13.8 Å². The van der Waals surface area contributed by atoms with Crippen molar-refractivity contribution in [3.8, 4) is 0 Å². The summed E-state index contributed by atoms with van der Waals surface area (Å²) in [6.07, 6.45) is 0.956. The lowest BCUT2D eigenvalue weighted by Gasteiger charge is -2.17. The lowest BCUT2D eigenvalue weighted by atomic mass is 10.1. The van der Waals surface area contributed by atoms with Crippen LogP contribution in [0.25, 0.3) is 21.7 Å². The average Bonchev–Trinajstić information content (AvgIpc) is 3.31. The van der Waals surface area contributed by atoms with Crippen LogP contribution < -0.4 is 5.32 Å².